The maximum Gasteiger partial charge on any atom is 0.258 e. The van der Waals surface area contributed by atoms with Crippen molar-refractivity contribution in [1.29, 1.82) is 0 Å². The first-order valence-corrected chi connectivity index (χ1v) is 7.44. The fourth-order valence-electron chi connectivity index (χ4n) is 1.63. The summed E-state index contributed by atoms with van der Waals surface area (Å²) in [5, 5.41) is 3.33. The lowest BCUT2D eigenvalue weighted by Gasteiger charge is -2.10. The molecule has 2 aromatic carbocycles. The number of hydrogen-bond donors (Lipinski definition) is 1. The minimum atomic E-state index is -0.559. The standard InChI is InChI=1S/C14H10Br2FNO/c15-8-9-4-1-2-7-12(9)18-14(19)10-5-3-6-11(16)13(10)17/h1-7H,8H2,(H,18,19). The fraction of sp³-hybridized carbons (Fsp3) is 0.0714. The molecule has 1 N–H and O–H groups in total. The van der Waals surface area contributed by atoms with Gasteiger partial charge in [0.2, 0.25) is 0 Å². The van der Waals surface area contributed by atoms with Crippen molar-refractivity contribution in [2.45, 2.75) is 5.33 Å². The highest BCUT2D eigenvalue weighted by Crippen LogP contribution is 2.22. The Morgan fingerprint density at radius 1 is 1.16 bits per heavy atom. The molecule has 0 aromatic heterocycles. The molecular formula is C14H10Br2FNO. The largest absolute Gasteiger partial charge is 0.322 e. The number of nitrogens with one attached hydrogen (secondary N) is 1. The summed E-state index contributed by atoms with van der Waals surface area (Å²) in [6.07, 6.45) is 0. The quantitative estimate of drug-likeness (QED) is 0.758. The average Bonchev–Trinajstić information content (AvgIpc) is 2.42. The molecule has 0 fully saturated rings. The van der Waals surface area contributed by atoms with E-state index in [1.54, 1.807) is 18.2 Å². The summed E-state index contributed by atoms with van der Waals surface area (Å²) in [5.74, 6) is -1.02. The second kappa shape index (κ2) is 6.30. The molecule has 0 radical (unpaired) electrons. The van der Waals surface area contributed by atoms with Gasteiger partial charge in [0.05, 0.1) is 10.0 Å². The third kappa shape index (κ3) is 3.22. The molecule has 0 aliphatic carbocycles. The Hall–Kier alpha value is -1.20. The third-order valence-electron chi connectivity index (χ3n) is 2.61. The normalized spacial score (nSPS) is 10.3. The van der Waals surface area contributed by atoms with Crippen molar-refractivity contribution in [3.05, 3.63) is 63.9 Å². The first-order valence-electron chi connectivity index (χ1n) is 5.52. The summed E-state index contributed by atoms with van der Waals surface area (Å²) in [6.45, 7) is 0. The van der Waals surface area contributed by atoms with E-state index in [2.05, 4.69) is 37.2 Å². The zero-order valence-electron chi connectivity index (χ0n) is 9.79. The Morgan fingerprint density at radius 3 is 2.63 bits per heavy atom. The molecule has 1 amide bonds. The average molecular weight is 387 g/mol. The Kier molecular flexibility index (Phi) is 4.71. The Bertz CT molecular complexity index is 616. The molecule has 0 aliphatic rings. The van der Waals surface area contributed by atoms with E-state index in [-0.39, 0.29) is 10.0 Å². The number of rotatable bonds is 3. The van der Waals surface area contributed by atoms with Gasteiger partial charge in [-0.05, 0) is 39.7 Å². The maximum atomic E-state index is 13.8. The molecule has 0 unspecified atom stereocenters. The van der Waals surface area contributed by atoms with Crippen LogP contribution in [0.3, 0.4) is 0 Å². The van der Waals surface area contributed by atoms with Crippen LogP contribution in [0.15, 0.2) is 46.9 Å². The van der Waals surface area contributed by atoms with Gasteiger partial charge < -0.3 is 5.32 Å². The highest BCUT2D eigenvalue weighted by Gasteiger charge is 2.14. The number of benzene rings is 2. The van der Waals surface area contributed by atoms with Crippen LogP contribution in [-0.4, -0.2) is 5.91 Å². The van der Waals surface area contributed by atoms with E-state index in [9.17, 15) is 9.18 Å². The predicted molar refractivity (Wildman–Crippen MR) is 81.1 cm³/mol. The summed E-state index contributed by atoms with van der Waals surface area (Å²) in [4.78, 5) is 12.1. The van der Waals surface area contributed by atoms with Crippen molar-refractivity contribution in [1.82, 2.24) is 0 Å². The van der Waals surface area contributed by atoms with Crippen LogP contribution < -0.4 is 5.32 Å². The molecule has 0 heterocycles. The van der Waals surface area contributed by atoms with E-state index in [1.807, 2.05) is 18.2 Å². The van der Waals surface area contributed by atoms with Gasteiger partial charge in [-0.2, -0.15) is 0 Å². The van der Waals surface area contributed by atoms with Crippen molar-refractivity contribution < 1.29 is 9.18 Å². The molecule has 0 saturated carbocycles. The van der Waals surface area contributed by atoms with Gasteiger partial charge in [0, 0.05) is 11.0 Å². The summed E-state index contributed by atoms with van der Waals surface area (Å²) in [5.41, 5.74) is 1.62. The number of carbonyl (C=O) groups excluding carboxylic acids is 1. The van der Waals surface area contributed by atoms with E-state index in [1.165, 1.54) is 6.07 Å². The van der Waals surface area contributed by atoms with Gasteiger partial charge >= 0.3 is 0 Å². The van der Waals surface area contributed by atoms with Gasteiger partial charge in [0.15, 0.2) is 0 Å². The van der Waals surface area contributed by atoms with Crippen molar-refractivity contribution >= 4 is 43.5 Å². The molecule has 0 saturated heterocycles. The van der Waals surface area contributed by atoms with E-state index in [0.717, 1.165) is 5.56 Å². The van der Waals surface area contributed by atoms with E-state index >= 15 is 0 Å². The molecule has 0 atom stereocenters. The summed E-state index contributed by atoms with van der Waals surface area (Å²) < 4.78 is 14.1. The van der Waals surface area contributed by atoms with E-state index < -0.39 is 11.7 Å². The van der Waals surface area contributed by atoms with Crippen LogP contribution in [-0.2, 0) is 5.33 Å². The number of para-hydroxylation sites is 1. The molecule has 2 nitrogen and oxygen atoms in total. The van der Waals surface area contributed by atoms with Crippen LogP contribution in [0, 0.1) is 5.82 Å². The first-order chi connectivity index (χ1) is 9.13. The van der Waals surface area contributed by atoms with Crippen LogP contribution in [0.4, 0.5) is 10.1 Å². The molecule has 2 aromatic rings. The van der Waals surface area contributed by atoms with Gasteiger partial charge in [0.25, 0.3) is 5.91 Å². The van der Waals surface area contributed by atoms with Crippen LogP contribution >= 0.6 is 31.9 Å². The van der Waals surface area contributed by atoms with Crippen molar-refractivity contribution in [3.8, 4) is 0 Å². The number of alkyl halides is 1. The topological polar surface area (TPSA) is 29.1 Å². The minimum Gasteiger partial charge on any atom is -0.322 e. The molecular weight excluding hydrogens is 377 g/mol. The smallest absolute Gasteiger partial charge is 0.258 e. The zero-order chi connectivity index (χ0) is 13.8. The summed E-state index contributed by atoms with van der Waals surface area (Å²) in [7, 11) is 0. The zero-order valence-corrected chi connectivity index (χ0v) is 13.0. The van der Waals surface area contributed by atoms with Gasteiger partial charge in [0.1, 0.15) is 5.82 Å². The van der Waals surface area contributed by atoms with Crippen LogP contribution in [0.5, 0.6) is 0 Å². The molecule has 0 spiro atoms. The third-order valence-corrected chi connectivity index (χ3v) is 3.82. The van der Waals surface area contributed by atoms with Gasteiger partial charge in [-0.15, -0.1) is 0 Å². The van der Waals surface area contributed by atoms with Gasteiger partial charge in [-0.25, -0.2) is 4.39 Å². The minimum absolute atomic E-state index is 0.0127. The number of halogens is 3. The van der Waals surface area contributed by atoms with Crippen molar-refractivity contribution in [3.63, 3.8) is 0 Å². The van der Waals surface area contributed by atoms with E-state index in [4.69, 9.17) is 0 Å². The number of amides is 1. The van der Waals surface area contributed by atoms with Crippen LogP contribution in [0.1, 0.15) is 15.9 Å². The molecule has 19 heavy (non-hydrogen) atoms. The van der Waals surface area contributed by atoms with E-state index in [0.29, 0.717) is 11.0 Å². The monoisotopic (exact) mass is 385 g/mol. The number of hydrogen-bond acceptors (Lipinski definition) is 1. The molecule has 0 bridgehead atoms. The Balaban J connectivity index is 2.28. The summed E-state index contributed by atoms with van der Waals surface area (Å²) in [6, 6.07) is 12.0. The number of carbonyl (C=O) groups is 1. The first kappa shape index (κ1) is 14.2. The molecule has 0 aliphatic heterocycles. The lowest BCUT2D eigenvalue weighted by molar-refractivity contribution is 0.102. The Labute approximate surface area is 127 Å². The van der Waals surface area contributed by atoms with Crippen LogP contribution in [0.2, 0.25) is 0 Å². The van der Waals surface area contributed by atoms with Gasteiger partial charge in [-0.3, -0.25) is 4.79 Å². The predicted octanol–water partition coefficient (Wildman–Crippen LogP) is 4.74. The maximum absolute atomic E-state index is 13.8. The molecule has 5 heteroatoms. The lowest BCUT2D eigenvalue weighted by atomic mass is 10.1. The van der Waals surface area contributed by atoms with Gasteiger partial charge in [-0.1, -0.05) is 40.2 Å². The second-order valence-corrected chi connectivity index (χ2v) is 5.26. The molecule has 2 rings (SSSR count). The fourth-order valence-corrected chi connectivity index (χ4v) is 2.48. The Morgan fingerprint density at radius 2 is 1.89 bits per heavy atom. The van der Waals surface area contributed by atoms with Crippen molar-refractivity contribution in [2.75, 3.05) is 5.32 Å². The number of anilines is 1. The second-order valence-electron chi connectivity index (χ2n) is 3.85. The molecule has 98 valence electrons. The SMILES string of the molecule is O=C(Nc1ccccc1CBr)c1cccc(Br)c1F. The van der Waals surface area contributed by atoms with Crippen molar-refractivity contribution in [2.24, 2.45) is 0 Å². The highest BCUT2D eigenvalue weighted by atomic mass is 79.9. The lowest BCUT2D eigenvalue weighted by Crippen LogP contribution is -2.15. The highest BCUT2D eigenvalue weighted by molar-refractivity contribution is 9.10. The van der Waals surface area contributed by atoms with Crippen LogP contribution in [0.25, 0.3) is 0 Å². The summed E-state index contributed by atoms with van der Waals surface area (Å²) >= 11 is 6.41.